The van der Waals surface area contributed by atoms with Gasteiger partial charge >= 0.3 is 0 Å². The number of thiophene rings is 1. The highest BCUT2D eigenvalue weighted by molar-refractivity contribution is 7.91. The van der Waals surface area contributed by atoms with Gasteiger partial charge in [0.2, 0.25) is 10.0 Å². The molecule has 3 N–H and O–H groups in total. The van der Waals surface area contributed by atoms with Crippen molar-refractivity contribution in [1.82, 2.24) is 0 Å². The monoisotopic (exact) mass is 330 g/mol. The third-order valence-corrected chi connectivity index (χ3v) is 5.39. The van der Waals surface area contributed by atoms with Gasteiger partial charge in [-0.25, -0.2) is 13.6 Å². The second kappa shape index (κ2) is 5.53. The van der Waals surface area contributed by atoms with Crippen LogP contribution in [0, 0.1) is 6.92 Å². The first kappa shape index (κ1) is 15.0. The molecule has 1 aromatic heterocycles. The summed E-state index contributed by atoms with van der Waals surface area (Å²) in [5.41, 5.74) is 1.13. The average molecular weight is 331 g/mol. The van der Waals surface area contributed by atoms with Crippen LogP contribution in [0.5, 0.6) is 0 Å². The number of hydrogen-bond acceptors (Lipinski definition) is 4. The van der Waals surface area contributed by atoms with Gasteiger partial charge in [0.1, 0.15) is 4.21 Å². The number of halogens is 1. The van der Waals surface area contributed by atoms with E-state index in [4.69, 9.17) is 16.7 Å². The Bertz CT molecular complexity index is 752. The fraction of sp³-hybridized carbons (Fsp3) is 0.0833. The van der Waals surface area contributed by atoms with Crippen LogP contribution >= 0.6 is 22.9 Å². The third-order valence-electron chi connectivity index (χ3n) is 2.48. The molecule has 0 aliphatic carbocycles. The van der Waals surface area contributed by atoms with Crippen LogP contribution < -0.4 is 10.5 Å². The Morgan fingerprint density at radius 1 is 1.30 bits per heavy atom. The summed E-state index contributed by atoms with van der Waals surface area (Å²) in [6.45, 7) is 1.65. The van der Waals surface area contributed by atoms with Gasteiger partial charge in [-0.05, 0) is 42.8 Å². The molecule has 2 rings (SSSR count). The van der Waals surface area contributed by atoms with E-state index >= 15 is 0 Å². The molecule has 1 heterocycles. The molecule has 2 aromatic rings. The molecular weight excluding hydrogens is 320 g/mol. The lowest BCUT2D eigenvalue weighted by Crippen LogP contribution is -2.11. The number of rotatable bonds is 3. The van der Waals surface area contributed by atoms with Gasteiger partial charge in [-0.2, -0.15) is 0 Å². The van der Waals surface area contributed by atoms with E-state index < -0.39 is 10.0 Å². The van der Waals surface area contributed by atoms with Crippen molar-refractivity contribution in [1.29, 1.82) is 0 Å². The number of nitrogens with one attached hydrogen (secondary N) is 1. The largest absolute Gasteiger partial charge is 0.321 e. The zero-order valence-corrected chi connectivity index (χ0v) is 12.8. The summed E-state index contributed by atoms with van der Waals surface area (Å²) in [6.07, 6.45) is 0. The number of nitrogens with two attached hydrogens (primary N) is 1. The lowest BCUT2D eigenvalue weighted by atomic mass is 10.2. The van der Waals surface area contributed by atoms with E-state index in [0.29, 0.717) is 21.2 Å². The van der Waals surface area contributed by atoms with Gasteiger partial charge in [-0.1, -0.05) is 11.6 Å². The maximum absolute atomic E-state index is 12.1. The Labute approximate surface area is 125 Å². The predicted octanol–water partition coefficient (Wildman–Crippen LogP) is 2.61. The standard InChI is InChI=1S/C12H11ClN2O3S2/c1-7-6-10(20(14,17)18)19-11(7)12(16)15-9-4-2-8(13)3-5-9/h2-6H,1H3,(H,15,16)(H2,14,17,18). The number of carbonyl (C=O) groups excluding carboxylic acids is 1. The van der Waals surface area contributed by atoms with Crippen molar-refractivity contribution in [3.8, 4) is 0 Å². The Hall–Kier alpha value is -1.41. The molecule has 1 aromatic carbocycles. The number of primary sulfonamides is 1. The van der Waals surface area contributed by atoms with Gasteiger partial charge in [0, 0.05) is 10.7 Å². The van der Waals surface area contributed by atoms with Crippen LogP contribution in [0.2, 0.25) is 5.02 Å². The Morgan fingerprint density at radius 3 is 2.40 bits per heavy atom. The van der Waals surface area contributed by atoms with E-state index in [-0.39, 0.29) is 10.1 Å². The minimum absolute atomic E-state index is 0.0312. The first-order valence-corrected chi connectivity index (χ1v) is 8.21. The van der Waals surface area contributed by atoms with Gasteiger partial charge in [0.05, 0.1) is 4.88 Å². The summed E-state index contributed by atoms with van der Waals surface area (Å²) >= 11 is 6.60. The van der Waals surface area contributed by atoms with Crippen LogP contribution in [0.1, 0.15) is 15.2 Å². The summed E-state index contributed by atoms with van der Waals surface area (Å²) in [6, 6.07) is 7.99. The van der Waals surface area contributed by atoms with Gasteiger partial charge in [0.15, 0.2) is 0 Å². The molecule has 0 saturated heterocycles. The van der Waals surface area contributed by atoms with Gasteiger partial charge in [-0.3, -0.25) is 4.79 Å². The summed E-state index contributed by atoms with van der Waals surface area (Å²) in [5.74, 6) is -0.385. The normalized spacial score (nSPS) is 11.3. The number of amides is 1. The van der Waals surface area contributed by atoms with Crippen molar-refractivity contribution in [2.75, 3.05) is 5.32 Å². The van der Waals surface area contributed by atoms with Gasteiger partial charge < -0.3 is 5.32 Å². The van der Waals surface area contributed by atoms with Crippen molar-refractivity contribution in [2.24, 2.45) is 5.14 Å². The van der Waals surface area contributed by atoms with Crippen LogP contribution in [0.3, 0.4) is 0 Å². The molecule has 106 valence electrons. The molecule has 0 aliphatic rings. The number of hydrogen-bond donors (Lipinski definition) is 2. The highest BCUT2D eigenvalue weighted by Gasteiger charge is 2.19. The zero-order chi connectivity index (χ0) is 14.9. The lowest BCUT2D eigenvalue weighted by molar-refractivity contribution is 0.103. The van der Waals surface area contributed by atoms with Crippen LogP contribution in [0.15, 0.2) is 34.5 Å². The molecule has 0 bridgehead atoms. The molecule has 1 amide bonds. The molecule has 0 radical (unpaired) electrons. The van der Waals surface area contributed by atoms with Gasteiger partial charge in [0.25, 0.3) is 5.91 Å². The van der Waals surface area contributed by atoms with Crippen molar-refractivity contribution >= 4 is 44.6 Å². The first-order valence-electron chi connectivity index (χ1n) is 5.47. The summed E-state index contributed by atoms with van der Waals surface area (Å²) in [4.78, 5) is 12.4. The maximum Gasteiger partial charge on any atom is 0.266 e. The SMILES string of the molecule is Cc1cc(S(N)(=O)=O)sc1C(=O)Nc1ccc(Cl)cc1. The zero-order valence-electron chi connectivity index (χ0n) is 10.4. The highest BCUT2D eigenvalue weighted by Crippen LogP contribution is 2.26. The van der Waals surface area contributed by atoms with E-state index in [1.807, 2.05) is 0 Å². The minimum Gasteiger partial charge on any atom is -0.321 e. The molecule has 20 heavy (non-hydrogen) atoms. The van der Waals surface area contributed by atoms with Crippen LogP contribution in [0.4, 0.5) is 5.69 Å². The Morgan fingerprint density at radius 2 is 1.90 bits per heavy atom. The quantitative estimate of drug-likeness (QED) is 0.906. The molecule has 0 spiro atoms. The van der Waals surface area contributed by atoms with Crippen LogP contribution in [-0.2, 0) is 10.0 Å². The number of carbonyl (C=O) groups is 1. The maximum atomic E-state index is 12.1. The highest BCUT2D eigenvalue weighted by atomic mass is 35.5. The van der Waals surface area contributed by atoms with E-state index in [1.165, 1.54) is 6.07 Å². The lowest BCUT2D eigenvalue weighted by Gasteiger charge is -2.04. The number of benzene rings is 1. The molecule has 5 nitrogen and oxygen atoms in total. The van der Waals surface area contributed by atoms with Crippen molar-refractivity contribution in [3.63, 3.8) is 0 Å². The van der Waals surface area contributed by atoms with E-state index in [2.05, 4.69) is 5.32 Å². The second-order valence-corrected chi connectivity index (χ2v) is 7.36. The van der Waals surface area contributed by atoms with Crippen molar-refractivity contribution < 1.29 is 13.2 Å². The number of sulfonamides is 1. The summed E-state index contributed by atoms with van der Waals surface area (Å²) in [5, 5.41) is 8.27. The minimum atomic E-state index is -3.80. The van der Waals surface area contributed by atoms with E-state index in [0.717, 1.165) is 11.3 Å². The average Bonchev–Trinajstić information content (AvgIpc) is 2.74. The smallest absolute Gasteiger partial charge is 0.266 e. The summed E-state index contributed by atoms with van der Waals surface area (Å²) in [7, 11) is -3.80. The molecule has 0 saturated carbocycles. The third kappa shape index (κ3) is 3.37. The predicted molar refractivity (Wildman–Crippen MR) is 79.8 cm³/mol. The molecular formula is C12H11ClN2O3S2. The molecule has 0 fully saturated rings. The van der Waals surface area contributed by atoms with Crippen molar-refractivity contribution in [3.05, 3.63) is 45.8 Å². The first-order chi connectivity index (χ1) is 9.27. The van der Waals surface area contributed by atoms with Gasteiger partial charge in [-0.15, -0.1) is 11.3 Å². The molecule has 0 atom stereocenters. The molecule has 8 heteroatoms. The number of anilines is 1. The fourth-order valence-corrected chi connectivity index (χ4v) is 3.52. The fourth-order valence-electron chi connectivity index (χ4n) is 1.54. The topological polar surface area (TPSA) is 89.3 Å². The van der Waals surface area contributed by atoms with E-state index in [9.17, 15) is 13.2 Å². The number of aryl methyl sites for hydroxylation is 1. The van der Waals surface area contributed by atoms with Crippen LogP contribution in [-0.4, -0.2) is 14.3 Å². The van der Waals surface area contributed by atoms with E-state index in [1.54, 1.807) is 31.2 Å². The second-order valence-electron chi connectivity index (χ2n) is 4.08. The molecule has 0 unspecified atom stereocenters. The summed E-state index contributed by atoms with van der Waals surface area (Å²) < 4.78 is 22.5. The van der Waals surface area contributed by atoms with Crippen LogP contribution in [0.25, 0.3) is 0 Å². The van der Waals surface area contributed by atoms with Crippen molar-refractivity contribution in [2.45, 2.75) is 11.1 Å². The Kier molecular flexibility index (Phi) is 4.14. The Balaban J connectivity index is 2.26. The molecule has 0 aliphatic heterocycles.